The van der Waals surface area contributed by atoms with Crippen LogP contribution in [0.3, 0.4) is 0 Å². The van der Waals surface area contributed by atoms with Crippen molar-refractivity contribution in [1.29, 1.82) is 0 Å². The molecular formula is C21H31ClN2O. The van der Waals surface area contributed by atoms with Gasteiger partial charge in [-0.1, -0.05) is 49.1 Å². The molecule has 0 aromatic heterocycles. The number of piperidine rings is 1. The highest BCUT2D eigenvalue weighted by Gasteiger charge is 2.28. The molecule has 1 N–H and O–H groups in total. The monoisotopic (exact) mass is 362 g/mol. The largest absolute Gasteiger partial charge is 0.353 e. The number of amides is 1. The molecule has 0 spiro atoms. The van der Waals surface area contributed by atoms with Crippen LogP contribution in [0.25, 0.3) is 0 Å². The molecular weight excluding hydrogens is 332 g/mol. The summed E-state index contributed by atoms with van der Waals surface area (Å²) in [7, 11) is 0. The molecule has 2 aliphatic rings. The topological polar surface area (TPSA) is 32.3 Å². The van der Waals surface area contributed by atoms with Crippen LogP contribution < -0.4 is 5.32 Å². The quantitative estimate of drug-likeness (QED) is 0.811. The lowest BCUT2D eigenvalue weighted by atomic mass is 9.83. The number of nitrogens with one attached hydrogen (secondary N) is 1. The third kappa shape index (κ3) is 5.72. The number of nitrogens with zero attached hydrogens (tertiary/aromatic N) is 1. The second-order valence-corrected chi connectivity index (χ2v) is 8.08. The SMILES string of the molecule is O=C(CCc1ccccc1Cl)NC1CCCC[C@H]1CN1CCCCC1. The van der Waals surface area contributed by atoms with Crippen molar-refractivity contribution in [3.8, 4) is 0 Å². The first-order valence-corrected chi connectivity index (χ1v) is 10.4. The number of aryl methyl sites for hydroxylation is 1. The van der Waals surface area contributed by atoms with Gasteiger partial charge in [-0.15, -0.1) is 0 Å². The van der Waals surface area contributed by atoms with Crippen LogP contribution >= 0.6 is 11.6 Å². The maximum Gasteiger partial charge on any atom is 0.220 e. The van der Waals surface area contributed by atoms with Crippen molar-refractivity contribution in [3.05, 3.63) is 34.9 Å². The van der Waals surface area contributed by atoms with E-state index in [1.165, 1.54) is 51.6 Å². The first-order valence-electron chi connectivity index (χ1n) is 9.97. The highest BCUT2D eigenvalue weighted by molar-refractivity contribution is 6.31. The molecule has 1 aromatic rings. The number of hydrogen-bond donors (Lipinski definition) is 1. The molecule has 0 bridgehead atoms. The van der Waals surface area contributed by atoms with Gasteiger partial charge in [0, 0.05) is 24.0 Å². The number of hydrogen-bond acceptors (Lipinski definition) is 2. The highest BCUT2D eigenvalue weighted by atomic mass is 35.5. The second-order valence-electron chi connectivity index (χ2n) is 7.67. The van der Waals surface area contributed by atoms with E-state index in [1.54, 1.807) is 0 Å². The second kappa shape index (κ2) is 9.59. The van der Waals surface area contributed by atoms with Crippen LogP contribution in [-0.4, -0.2) is 36.5 Å². The minimum atomic E-state index is 0.176. The summed E-state index contributed by atoms with van der Waals surface area (Å²) < 4.78 is 0. The van der Waals surface area contributed by atoms with Gasteiger partial charge in [0.1, 0.15) is 0 Å². The highest BCUT2D eigenvalue weighted by Crippen LogP contribution is 2.26. The predicted octanol–water partition coefficient (Wildman–Crippen LogP) is 4.43. The van der Waals surface area contributed by atoms with E-state index in [2.05, 4.69) is 10.2 Å². The van der Waals surface area contributed by atoms with Gasteiger partial charge in [0.05, 0.1) is 0 Å². The fourth-order valence-corrected chi connectivity index (χ4v) is 4.55. The summed E-state index contributed by atoms with van der Waals surface area (Å²) in [5.41, 5.74) is 1.06. The minimum absolute atomic E-state index is 0.176. The summed E-state index contributed by atoms with van der Waals surface area (Å²) >= 11 is 6.19. The van der Waals surface area contributed by atoms with Gasteiger partial charge >= 0.3 is 0 Å². The summed E-state index contributed by atoms with van der Waals surface area (Å²) in [6.45, 7) is 3.64. The molecule has 3 rings (SSSR count). The molecule has 1 amide bonds. The van der Waals surface area contributed by atoms with Crippen molar-refractivity contribution >= 4 is 17.5 Å². The molecule has 3 nitrogen and oxygen atoms in total. The fourth-order valence-electron chi connectivity index (χ4n) is 4.32. The Morgan fingerprint density at radius 3 is 2.64 bits per heavy atom. The zero-order chi connectivity index (χ0) is 17.5. The number of carbonyl (C=O) groups is 1. The van der Waals surface area contributed by atoms with E-state index < -0.39 is 0 Å². The lowest BCUT2D eigenvalue weighted by molar-refractivity contribution is -0.122. The average molecular weight is 363 g/mol. The predicted molar refractivity (Wildman–Crippen MR) is 104 cm³/mol. The summed E-state index contributed by atoms with van der Waals surface area (Å²) in [6, 6.07) is 8.17. The molecule has 1 saturated heterocycles. The van der Waals surface area contributed by atoms with Gasteiger partial charge in [-0.05, 0) is 62.7 Å². The van der Waals surface area contributed by atoms with Crippen LogP contribution in [0.2, 0.25) is 5.02 Å². The first-order chi connectivity index (χ1) is 12.2. The molecule has 1 saturated carbocycles. The van der Waals surface area contributed by atoms with Crippen LogP contribution in [0.4, 0.5) is 0 Å². The number of benzene rings is 1. The van der Waals surface area contributed by atoms with E-state index in [0.717, 1.165) is 30.0 Å². The summed E-state index contributed by atoms with van der Waals surface area (Å²) in [6.07, 6.45) is 10.2. The zero-order valence-corrected chi connectivity index (χ0v) is 15.9. The molecule has 1 aromatic carbocycles. The fraction of sp³-hybridized carbons (Fsp3) is 0.667. The molecule has 1 unspecified atom stereocenters. The lowest BCUT2D eigenvalue weighted by Gasteiger charge is -2.37. The standard InChI is InChI=1S/C21H31ClN2O/c22-19-10-4-2-8-17(19)12-13-21(25)23-20-11-5-3-9-18(20)16-24-14-6-1-7-15-24/h2,4,8,10,18,20H,1,3,5-7,9,11-16H2,(H,23,25)/t18-,20?/m0/s1. The van der Waals surface area contributed by atoms with Crippen molar-refractivity contribution in [1.82, 2.24) is 10.2 Å². The number of rotatable bonds is 6. The number of likely N-dealkylation sites (tertiary alicyclic amines) is 1. The molecule has 0 radical (unpaired) electrons. The van der Waals surface area contributed by atoms with Crippen LogP contribution in [0.5, 0.6) is 0 Å². The molecule has 25 heavy (non-hydrogen) atoms. The third-order valence-corrected chi connectivity index (χ3v) is 6.14. The first kappa shape index (κ1) is 18.7. The molecule has 1 aliphatic heterocycles. The van der Waals surface area contributed by atoms with Gasteiger partial charge in [0.2, 0.25) is 5.91 Å². The maximum atomic E-state index is 12.5. The van der Waals surface area contributed by atoms with Crippen molar-refractivity contribution in [2.45, 2.75) is 63.8 Å². The Morgan fingerprint density at radius 1 is 1.08 bits per heavy atom. The Labute approximate surface area is 157 Å². The minimum Gasteiger partial charge on any atom is -0.353 e. The number of carbonyl (C=O) groups excluding carboxylic acids is 1. The van der Waals surface area contributed by atoms with E-state index in [4.69, 9.17) is 11.6 Å². The molecule has 2 atom stereocenters. The van der Waals surface area contributed by atoms with E-state index >= 15 is 0 Å². The smallest absolute Gasteiger partial charge is 0.220 e. The summed E-state index contributed by atoms with van der Waals surface area (Å²) in [5, 5.41) is 4.10. The van der Waals surface area contributed by atoms with Crippen molar-refractivity contribution < 1.29 is 4.79 Å². The van der Waals surface area contributed by atoms with Gasteiger partial charge < -0.3 is 10.2 Å². The van der Waals surface area contributed by atoms with Crippen LogP contribution in [0.15, 0.2) is 24.3 Å². The Bertz CT molecular complexity index is 557. The van der Waals surface area contributed by atoms with Crippen LogP contribution in [0, 0.1) is 5.92 Å². The Kier molecular flexibility index (Phi) is 7.18. The van der Waals surface area contributed by atoms with Crippen molar-refractivity contribution in [2.24, 2.45) is 5.92 Å². The van der Waals surface area contributed by atoms with Crippen molar-refractivity contribution in [2.75, 3.05) is 19.6 Å². The van der Waals surface area contributed by atoms with Gasteiger partial charge in [-0.2, -0.15) is 0 Å². The third-order valence-electron chi connectivity index (χ3n) is 5.78. The van der Waals surface area contributed by atoms with Crippen molar-refractivity contribution in [3.63, 3.8) is 0 Å². The molecule has 1 aliphatic carbocycles. The average Bonchev–Trinajstić information content (AvgIpc) is 2.64. The lowest BCUT2D eigenvalue weighted by Crippen LogP contribution is -2.47. The van der Waals surface area contributed by atoms with E-state index in [0.29, 0.717) is 18.4 Å². The zero-order valence-electron chi connectivity index (χ0n) is 15.2. The van der Waals surface area contributed by atoms with Gasteiger partial charge in [-0.3, -0.25) is 4.79 Å². The number of halogens is 1. The Morgan fingerprint density at radius 2 is 1.84 bits per heavy atom. The maximum absolute atomic E-state index is 12.5. The van der Waals surface area contributed by atoms with E-state index in [-0.39, 0.29) is 5.91 Å². The summed E-state index contributed by atoms with van der Waals surface area (Å²) in [5.74, 6) is 0.798. The summed E-state index contributed by atoms with van der Waals surface area (Å²) in [4.78, 5) is 15.1. The molecule has 4 heteroatoms. The molecule has 138 valence electrons. The Hall–Kier alpha value is -1.06. The van der Waals surface area contributed by atoms with Gasteiger partial charge in [0.15, 0.2) is 0 Å². The van der Waals surface area contributed by atoms with E-state index in [9.17, 15) is 4.79 Å². The Balaban J connectivity index is 1.48. The van der Waals surface area contributed by atoms with Crippen LogP contribution in [-0.2, 0) is 11.2 Å². The van der Waals surface area contributed by atoms with Gasteiger partial charge in [0.25, 0.3) is 0 Å². The van der Waals surface area contributed by atoms with Gasteiger partial charge in [-0.25, -0.2) is 0 Å². The van der Waals surface area contributed by atoms with Crippen LogP contribution in [0.1, 0.15) is 56.9 Å². The van der Waals surface area contributed by atoms with E-state index in [1.807, 2.05) is 24.3 Å². The normalized spacial score (nSPS) is 24.8. The molecule has 1 heterocycles. The molecule has 2 fully saturated rings.